The van der Waals surface area contributed by atoms with Crippen LogP contribution in [0.15, 0.2) is 49.6 Å². The first-order chi connectivity index (χ1) is 14.6. The molecule has 1 nitrogen and oxygen atoms in total. The molecule has 2 saturated carbocycles. The third-order valence-electron chi connectivity index (χ3n) is 7.41. The van der Waals surface area contributed by atoms with Gasteiger partial charge in [0.05, 0.1) is 0 Å². The van der Waals surface area contributed by atoms with Crippen molar-refractivity contribution in [1.29, 1.82) is 0 Å². The molecule has 0 radical (unpaired) electrons. The molecule has 0 heterocycles. The molecule has 0 aromatic heterocycles. The summed E-state index contributed by atoms with van der Waals surface area (Å²) in [5.41, 5.74) is 0.550. The summed E-state index contributed by atoms with van der Waals surface area (Å²) in [6.07, 6.45) is 13.0. The van der Waals surface area contributed by atoms with Gasteiger partial charge in [-0.05, 0) is 104 Å². The monoisotopic (exact) mass is 410 g/mol. The minimum absolute atomic E-state index is 0.112. The average molecular weight is 411 g/mol. The molecule has 2 aromatic rings. The Morgan fingerprint density at radius 2 is 1.53 bits per heavy atom. The molecular weight excluding hydrogens is 378 g/mol. The van der Waals surface area contributed by atoms with Crippen LogP contribution in [-0.4, -0.2) is 6.61 Å². The van der Waals surface area contributed by atoms with Gasteiger partial charge in [-0.2, -0.15) is 0 Å². The van der Waals surface area contributed by atoms with E-state index in [1.807, 2.05) is 18.2 Å². The first-order valence-electron chi connectivity index (χ1n) is 11.4. The lowest BCUT2D eigenvalue weighted by Gasteiger charge is -2.37. The van der Waals surface area contributed by atoms with Crippen molar-refractivity contribution in [3.63, 3.8) is 0 Å². The standard InChI is InChI=1S/C27H32F2O/c1-3-15-30-23-14-13-22-16-24(26(28)27(29)25(22)17-23)21-11-9-20(10-12-21)19-7-5-18(4-2)6-8-19/h3-4,13-14,16-21H,1-2,5-12,15H2. The predicted octanol–water partition coefficient (Wildman–Crippen LogP) is 7.95. The second kappa shape index (κ2) is 9.32. The fourth-order valence-electron chi connectivity index (χ4n) is 5.62. The zero-order valence-electron chi connectivity index (χ0n) is 17.7. The van der Waals surface area contributed by atoms with Crippen molar-refractivity contribution in [3.05, 3.63) is 66.8 Å². The maximum atomic E-state index is 15.0. The predicted molar refractivity (Wildman–Crippen MR) is 120 cm³/mol. The van der Waals surface area contributed by atoms with E-state index in [9.17, 15) is 8.78 Å². The number of fused-ring (bicyclic) bond motifs is 1. The number of rotatable bonds is 6. The molecule has 2 fully saturated rings. The van der Waals surface area contributed by atoms with Gasteiger partial charge in [0.2, 0.25) is 0 Å². The van der Waals surface area contributed by atoms with Crippen molar-refractivity contribution in [2.24, 2.45) is 17.8 Å². The van der Waals surface area contributed by atoms with Crippen molar-refractivity contribution in [2.45, 2.75) is 57.3 Å². The molecule has 2 aromatic carbocycles. The van der Waals surface area contributed by atoms with E-state index in [0.717, 1.165) is 42.9 Å². The summed E-state index contributed by atoms with van der Waals surface area (Å²) in [5, 5.41) is 1.02. The van der Waals surface area contributed by atoms with Crippen LogP contribution in [0.5, 0.6) is 5.75 Å². The van der Waals surface area contributed by atoms with Gasteiger partial charge in [-0.3, -0.25) is 0 Å². The molecule has 4 rings (SSSR count). The third kappa shape index (κ3) is 4.31. The maximum Gasteiger partial charge on any atom is 0.167 e. The van der Waals surface area contributed by atoms with E-state index in [0.29, 0.717) is 23.8 Å². The number of allylic oxidation sites excluding steroid dienone is 1. The molecule has 0 unspecified atom stereocenters. The Balaban J connectivity index is 1.47. The average Bonchev–Trinajstić information content (AvgIpc) is 2.80. The molecule has 0 aliphatic heterocycles. The van der Waals surface area contributed by atoms with Crippen LogP contribution in [0.3, 0.4) is 0 Å². The van der Waals surface area contributed by atoms with Crippen molar-refractivity contribution >= 4 is 10.8 Å². The largest absolute Gasteiger partial charge is 0.490 e. The van der Waals surface area contributed by atoms with E-state index >= 15 is 0 Å². The zero-order chi connectivity index (χ0) is 21.1. The van der Waals surface area contributed by atoms with Crippen LogP contribution in [0.2, 0.25) is 0 Å². The lowest BCUT2D eigenvalue weighted by Crippen LogP contribution is -2.25. The van der Waals surface area contributed by atoms with Gasteiger partial charge in [-0.15, -0.1) is 6.58 Å². The summed E-state index contributed by atoms with van der Waals surface area (Å²) in [6, 6.07) is 7.07. The number of hydrogen-bond donors (Lipinski definition) is 0. The summed E-state index contributed by atoms with van der Waals surface area (Å²) in [7, 11) is 0. The van der Waals surface area contributed by atoms with Crippen LogP contribution in [0.4, 0.5) is 8.78 Å². The Morgan fingerprint density at radius 1 is 0.867 bits per heavy atom. The quantitative estimate of drug-likeness (QED) is 0.439. The number of halogens is 2. The van der Waals surface area contributed by atoms with Crippen LogP contribution in [0.25, 0.3) is 10.8 Å². The first kappa shape index (κ1) is 21.1. The van der Waals surface area contributed by atoms with Crippen LogP contribution < -0.4 is 4.74 Å². The van der Waals surface area contributed by atoms with Crippen LogP contribution in [0, 0.1) is 29.4 Å². The van der Waals surface area contributed by atoms with E-state index in [-0.39, 0.29) is 11.3 Å². The molecule has 30 heavy (non-hydrogen) atoms. The molecular formula is C27H32F2O. The van der Waals surface area contributed by atoms with Gasteiger partial charge in [-0.1, -0.05) is 24.8 Å². The number of benzene rings is 2. The minimum atomic E-state index is -0.753. The van der Waals surface area contributed by atoms with E-state index in [2.05, 4.69) is 19.2 Å². The van der Waals surface area contributed by atoms with Crippen molar-refractivity contribution in [2.75, 3.05) is 6.61 Å². The van der Waals surface area contributed by atoms with Crippen LogP contribution in [0.1, 0.15) is 62.8 Å². The zero-order valence-corrected chi connectivity index (χ0v) is 17.7. The van der Waals surface area contributed by atoms with Crippen LogP contribution >= 0.6 is 0 Å². The van der Waals surface area contributed by atoms with Gasteiger partial charge in [0.25, 0.3) is 0 Å². The maximum absolute atomic E-state index is 15.0. The molecule has 0 N–H and O–H groups in total. The van der Waals surface area contributed by atoms with Gasteiger partial charge >= 0.3 is 0 Å². The molecule has 3 heteroatoms. The Morgan fingerprint density at radius 3 is 2.17 bits per heavy atom. The topological polar surface area (TPSA) is 9.23 Å². The van der Waals surface area contributed by atoms with Crippen molar-refractivity contribution < 1.29 is 13.5 Å². The molecule has 0 bridgehead atoms. The SMILES string of the molecule is C=CCOc1ccc2cc(C3CCC(C4CCC(C=C)CC4)CC3)c(F)c(F)c2c1. The van der Waals surface area contributed by atoms with Crippen LogP contribution in [-0.2, 0) is 0 Å². The van der Waals surface area contributed by atoms with Crippen molar-refractivity contribution in [1.82, 2.24) is 0 Å². The Kier molecular flexibility index (Phi) is 6.55. The molecule has 160 valence electrons. The number of hydrogen-bond acceptors (Lipinski definition) is 1. The highest BCUT2D eigenvalue weighted by molar-refractivity contribution is 5.85. The summed E-state index contributed by atoms with van der Waals surface area (Å²) < 4.78 is 35.4. The van der Waals surface area contributed by atoms with E-state index in [4.69, 9.17) is 4.74 Å². The van der Waals surface area contributed by atoms with Gasteiger partial charge in [-0.25, -0.2) is 8.78 Å². The van der Waals surface area contributed by atoms with Gasteiger partial charge in [0.1, 0.15) is 12.4 Å². The van der Waals surface area contributed by atoms with E-state index in [1.165, 1.54) is 25.7 Å². The lowest BCUT2D eigenvalue weighted by molar-refractivity contribution is 0.171. The van der Waals surface area contributed by atoms with Gasteiger partial charge in [0.15, 0.2) is 11.6 Å². The summed E-state index contributed by atoms with van der Waals surface area (Å²) in [6.45, 7) is 7.89. The van der Waals surface area contributed by atoms with Gasteiger partial charge in [0, 0.05) is 5.39 Å². The third-order valence-corrected chi connectivity index (χ3v) is 7.41. The molecule has 0 amide bonds. The molecule has 2 aliphatic rings. The highest BCUT2D eigenvalue weighted by Crippen LogP contribution is 2.45. The van der Waals surface area contributed by atoms with Crippen molar-refractivity contribution in [3.8, 4) is 5.75 Å². The normalized spacial score (nSPS) is 27.0. The fraction of sp³-hybridized carbons (Fsp3) is 0.481. The van der Waals surface area contributed by atoms with Gasteiger partial charge < -0.3 is 4.74 Å². The van der Waals surface area contributed by atoms with E-state index < -0.39 is 11.6 Å². The Labute approximate surface area is 178 Å². The minimum Gasteiger partial charge on any atom is -0.490 e. The molecule has 2 aliphatic carbocycles. The number of ether oxygens (including phenoxy) is 1. The second-order valence-corrected chi connectivity index (χ2v) is 9.10. The second-order valence-electron chi connectivity index (χ2n) is 9.10. The lowest BCUT2D eigenvalue weighted by atomic mass is 9.68. The first-order valence-corrected chi connectivity index (χ1v) is 11.4. The molecule has 0 atom stereocenters. The summed E-state index contributed by atoms with van der Waals surface area (Å²) >= 11 is 0. The van der Waals surface area contributed by atoms with E-state index in [1.54, 1.807) is 12.1 Å². The fourth-order valence-corrected chi connectivity index (χ4v) is 5.62. The highest BCUT2D eigenvalue weighted by atomic mass is 19.2. The highest BCUT2D eigenvalue weighted by Gasteiger charge is 2.32. The Hall–Kier alpha value is -2.16. The Bertz CT molecular complexity index is 903. The smallest absolute Gasteiger partial charge is 0.167 e. The molecule has 0 spiro atoms. The molecule has 0 saturated heterocycles. The summed E-state index contributed by atoms with van der Waals surface area (Å²) in [5.74, 6) is 1.44. The summed E-state index contributed by atoms with van der Waals surface area (Å²) in [4.78, 5) is 0.